The SMILES string of the molecule is CCCNC(=O)NC(=O)COc1cc(Cl)cc(Cl)c1. The van der Waals surface area contributed by atoms with E-state index in [0.29, 0.717) is 22.3 Å². The summed E-state index contributed by atoms with van der Waals surface area (Å²) in [7, 11) is 0. The van der Waals surface area contributed by atoms with Crippen LogP contribution in [-0.2, 0) is 4.79 Å². The molecule has 1 aromatic carbocycles. The van der Waals surface area contributed by atoms with E-state index in [1.165, 1.54) is 12.1 Å². The Morgan fingerprint density at radius 3 is 2.42 bits per heavy atom. The molecule has 0 radical (unpaired) electrons. The highest BCUT2D eigenvalue weighted by molar-refractivity contribution is 6.34. The van der Waals surface area contributed by atoms with Gasteiger partial charge in [0.15, 0.2) is 6.61 Å². The standard InChI is InChI=1S/C12H14Cl2N2O3/c1-2-3-15-12(18)16-11(17)7-19-10-5-8(13)4-9(14)6-10/h4-6H,2-3,7H2,1H3,(H2,15,16,17,18). The maximum Gasteiger partial charge on any atom is 0.321 e. The average Bonchev–Trinajstić information content (AvgIpc) is 2.33. The van der Waals surface area contributed by atoms with Crippen LogP contribution in [0.4, 0.5) is 4.79 Å². The van der Waals surface area contributed by atoms with Gasteiger partial charge in [-0.2, -0.15) is 0 Å². The van der Waals surface area contributed by atoms with E-state index in [1.54, 1.807) is 6.07 Å². The summed E-state index contributed by atoms with van der Waals surface area (Å²) < 4.78 is 5.17. The van der Waals surface area contributed by atoms with Crippen molar-refractivity contribution in [1.82, 2.24) is 10.6 Å². The average molecular weight is 305 g/mol. The molecule has 0 fully saturated rings. The normalized spacial score (nSPS) is 9.84. The monoisotopic (exact) mass is 304 g/mol. The van der Waals surface area contributed by atoms with Gasteiger partial charge in [0.1, 0.15) is 5.75 Å². The molecule has 1 aromatic rings. The Bertz CT molecular complexity index is 446. The van der Waals surface area contributed by atoms with Crippen molar-refractivity contribution in [3.05, 3.63) is 28.2 Å². The zero-order chi connectivity index (χ0) is 14.3. The molecule has 0 spiro atoms. The van der Waals surface area contributed by atoms with Crippen LogP contribution in [0, 0.1) is 0 Å². The molecule has 3 amide bonds. The van der Waals surface area contributed by atoms with Gasteiger partial charge in [0, 0.05) is 16.6 Å². The number of nitrogens with one attached hydrogen (secondary N) is 2. The van der Waals surface area contributed by atoms with Gasteiger partial charge in [0.2, 0.25) is 0 Å². The van der Waals surface area contributed by atoms with Crippen molar-refractivity contribution >= 4 is 35.1 Å². The number of amides is 3. The first-order valence-corrected chi connectivity index (χ1v) is 6.43. The molecule has 0 atom stereocenters. The van der Waals surface area contributed by atoms with Crippen molar-refractivity contribution in [2.45, 2.75) is 13.3 Å². The van der Waals surface area contributed by atoms with Gasteiger partial charge in [0.25, 0.3) is 5.91 Å². The van der Waals surface area contributed by atoms with Crippen LogP contribution in [0.2, 0.25) is 10.0 Å². The quantitative estimate of drug-likeness (QED) is 0.878. The van der Waals surface area contributed by atoms with Gasteiger partial charge in [-0.15, -0.1) is 0 Å². The molecule has 0 saturated heterocycles. The summed E-state index contributed by atoms with van der Waals surface area (Å²) in [6.07, 6.45) is 0.791. The van der Waals surface area contributed by atoms with E-state index in [2.05, 4.69) is 10.6 Å². The Morgan fingerprint density at radius 2 is 1.84 bits per heavy atom. The molecule has 7 heteroatoms. The molecule has 0 saturated carbocycles. The first-order valence-electron chi connectivity index (χ1n) is 5.68. The van der Waals surface area contributed by atoms with Crippen LogP contribution in [0.25, 0.3) is 0 Å². The van der Waals surface area contributed by atoms with Gasteiger partial charge in [-0.1, -0.05) is 30.1 Å². The minimum absolute atomic E-state index is 0.295. The highest BCUT2D eigenvalue weighted by Gasteiger charge is 2.08. The van der Waals surface area contributed by atoms with Gasteiger partial charge in [-0.05, 0) is 24.6 Å². The predicted octanol–water partition coefficient (Wildman–Crippen LogP) is 2.61. The first kappa shape index (κ1) is 15.6. The Balaban J connectivity index is 2.39. The van der Waals surface area contributed by atoms with Gasteiger partial charge < -0.3 is 10.1 Å². The smallest absolute Gasteiger partial charge is 0.321 e. The Hall–Kier alpha value is -1.46. The third-order valence-electron chi connectivity index (χ3n) is 1.99. The molecule has 2 N–H and O–H groups in total. The van der Waals surface area contributed by atoms with E-state index in [9.17, 15) is 9.59 Å². The van der Waals surface area contributed by atoms with Crippen LogP contribution in [0.15, 0.2) is 18.2 Å². The van der Waals surface area contributed by atoms with Crippen molar-refractivity contribution in [1.29, 1.82) is 0 Å². The molecular weight excluding hydrogens is 291 g/mol. The Morgan fingerprint density at radius 1 is 1.21 bits per heavy atom. The summed E-state index contributed by atoms with van der Waals surface area (Å²) in [5.74, 6) is -0.189. The van der Waals surface area contributed by atoms with Gasteiger partial charge in [0.05, 0.1) is 0 Å². The molecule has 0 aromatic heterocycles. The van der Waals surface area contributed by atoms with E-state index in [1.807, 2.05) is 6.92 Å². The van der Waals surface area contributed by atoms with Crippen LogP contribution in [-0.4, -0.2) is 25.1 Å². The minimum Gasteiger partial charge on any atom is -0.484 e. The molecular formula is C12H14Cl2N2O3. The topological polar surface area (TPSA) is 67.4 Å². The number of hydrogen-bond acceptors (Lipinski definition) is 3. The Kier molecular flexibility index (Phi) is 6.45. The third kappa shape index (κ3) is 6.31. The largest absolute Gasteiger partial charge is 0.484 e. The lowest BCUT2D eigenvalue weighted by atomic mass is 10.3. The van der Waals surface area contributed by atoms with Crippen LogP contribution in [0.5, 0.6) is 5.75 Å². The van der Waals surface area contributed by atoms with Crippen LogP contribution < -0.4 is 15.4 Å². The summed E-state index contributed by atoms with van der Waals surface area (Å²) in [6.45, 7) is 2.12. The highest BCUT2D eigenvalue weighted by atomic mass is 35.5. The summed E-state index contributed by atoms with van der Waals surface area (Å²) in [4.78, 5) is 22.6. The number of carbonyl (C=O) groups excluding carboxylic acids is 2. The summed E-state index contributed by atoms with van der Waals surface area (Å²) in [5.41, 5.74) is 0. The molecule has 0 heterocycles. The third-order valence-corrected chi connectivity index (χ3v) is 2.43. The van der Waals surface area contributed by atoms with E-state index in [0.717, 1.165) is 6.42 Å². The number of imide groups is 1. The Labute approximate surface area is 121 Å². The molecule has 0 bridgehead atoms. The molecule has 5 nitrogen and oxygen atoms in total. The number of carbonyl (C=O) groups is 2. The number of rotatable bonds is 5. The lowest BCUT2D eigenvalue weighted by Gasteiger charge is -2.08. The molecule has 19 heavy (non-hydrogen) atoms. The van der Waals surface area contributed by atoms with Crippen molar-refractivity contribution < 1.29 is 14.3 Å². The maximum atomic E-state index is 11.4. The lowest BCUT2D eigenvalue weighted by Crippen LogP contribution is -2.41. The number of urea groups is 1. The van der Waals surface area contributed by atoms with Crippen molar-refractivity contribution in [3.63, 3.8) is 0 Å². The number of ether oxygens (including phenoxy) is 1. The molecule has 0 aliphatic rings. The zero-order valence-corrected chi connectivity index (χ0v) is 11.8. The second-order valence-electron chi connectivity index (χ2n) is 3.70. The minimum atomic E-state index is -0.551. The highest BCUT2D eigenvalue weighted by Crippen LogP contribution is 2.23. The fraction of sp³-hybridized carbons (Fsp3) is 0.333. The zero-order valence-electron chi connectivity index (χ0n) is 10.3. The van der Waals surface area contributed by atoms with Crippen molar-refractivity contribution in [3.8, 4) is 5.75 Å². The fourth-order valence-corrected chi connectivity index (χ4v) is 1.71. The van der Waals surface area contributed by atoms with E-state index < -0.39 is 11.9 Å². The van der Waals surface area contributed by atoms with Gasteiger partial charge >= 0.3 is 6.03 Å². The van der Waals surface area contributed by atoms with Crippen LogP contribution >= 0.6 is 23.2 Å². The molecule has 0 unspecified atom stereocenters. The summed E-state index contributed by atoms with van der Waals surface area (Å²) in [6, 6.07) is 4.06. The predicted molar refractivity (Wildman–Crippen MR) is 73.8 cm³/mol. The van der Waals surface area contributed by atoms with Gasteiger partial charge in [-0.3, -0.25) is 10.1 Å². The molecule has 0 aliphatic carbocycles. The number of hydrogen-bond donors (Lipinski definition) is 2. The van der Waals surface area contributed by atoms with E-state index in [4.69, 9.17) is 27.9 Å². The van der Waals surface area contributed by atoms with Crippen LogP contribution in [0.3, 0.4) is 0 Å². The van der Waals surface area contributed by atoms with Crippen molar-refractivity contribution in [2.24, 2.45) is 0 Å². The van der Waals surface area contributed by atoms with E-state index in [-0.39, 0.29) is 6.61 Å². The van der Waals surface area contributed by atoms with E-state index >= 15 is 0 Å². The molecule has 1 rings (SSSR count). The van der Waals surface area contributed by atoms with Gasteiger partial charge in [-0.25, -0.2) is 4.79 Å². The van der Waals surface area contributed by atoms with Crippen LogP contribution in [0.1, 0.15) is 13.3 Å². The molecule has 104 valence electrons. The summed E-state index contributed by atoms with van der Waals surface area (Å²) >= 11 is 11.6. The molecule has 0 aliphatic heterocycles. The summed E-state index contributed by atoms with van der Waals surface area (Å²) in [5, 5.41) is 5.46. The second kappa shape index (κ2) is 7.86. The lowest BCUT2D eigenvalue weighted by molar-refractivity contribution is -0.122. The number of benzene rings is 1. The number of halogens is 2. The maximum absolute atomic E-state index is 11.4. The first-order chi connectivity index (χ1) is 9.01. The fourth-order valence-electron chi connectivity index (χ4n) is 1.21. The second-order valence-corrected chi connectivity index (χ2v) is 4.57. The van der Waals surface area contributed by atoms with Crippen molar-refractivity contribution in [2.75, 3.05) is 13.2 Å².